The zero-order chi connectivity index (χ0) is 21.4. The van der Waals surface area contributed by atoms with Gasteiger partial charge in [-0.1, -0.05) is 0 Å². The topological polar surface area (TPSA) is 121 Å². The van der Waals surface area contributed by atoms with Crippen LogP contribution in [0.1, 0.15) is 43.3 Å². The number of anilines is 1. The smallest absolute Gasteiger partial charge is 0.375 e. The van der Waals surface area contributed by atoms with Gasteiger partial charge >= 0.3 is 5.97 Å². The molecule has 3 N–H and O–H groups in total. The molecule has 0 spiro atoms. The molecule has 0 radical (unpaired) electrons. The van der Waals surface area contributed by atoms with E-state index in [1.807, 2.05) is 0 Å². The van der Waals surface area contributed by atoms with Crippen molar-refractivity contribution in [3.8, 4) is 5.75 Å². The lowest BCUT2D eigenvalue weighted by Crippen LogP contribution is -2.22. The SMILES string of the molecule is COc1ccc2oc(C(=O)OCC(=O)Nc3sc4c(c3C(N)=O)CCC4)c(C)c2c1. The fourth-order valence-electron chi connectivity index (χ4n) is 3.63. The third-order valence-corrected chi connectivity index (χ3v) is 6.29. The van der Waals surface area contributed by atoms with Crippen LogP contribution in [-0.4, -0.2) is 31.5 Å². The number of aryl methyl sites for hydroxylation is 2. The van der Waals surface area contributed by atoms with Gasteiger partial charge in [-0.3, -0.25) is 9.59 Å². The molecule has 0 saturated heterocycles. The fraction of sp³-hybridized carbons (Fsp3) is 0.286. The average Bonchev–Trinajstić information content (AvgIpc) is 3.38. The Kier molecular flexibility index (Phi) is 5.21. The Morgan fingerprint density at radius 2 is 2.07 bits per heavy atom. The van der Waals surface area contributed by atoms with Crippen molar-refractivity contribution >= 4 is 45.1 Å². The van der Waals surface area contributed by atoms with E-state index in [9.17, 15) is 14.4 Å². The van der Waals surface area contributed by atoms with Crippen LogP contribution >= 0.6 is 11.3 Å². The van der Waals surface area contributed by atoms with Crippen LogP contribution in [0.2, 0.25) is 0 Å². The van der Waals surface area contributed by atoms with Gasteiger partial charge in [-0.15, -0.1) is 11.3 Å². The number of amides is 2. The summed E-state index contributed by atoms with van der Waals surface area (Å²) in [5.74, 6) is -1.21. The van der Waals surface area contributed by atoms with Crippen LogP contribution in [0.3, 0.4) is 0 Å². The number of nitrogens with two attached hydrogens (primary N) is 1. The van der Waals surface area contributed by atoms with Crippen molar-refractivity contribution in [2.75, 3.05) is 19.0 Å². The molecule has 30 heavy (non-hydrogen) atoms. The number of methoxy groups -OCH3 is 1. The van der Waals surface area contributed by atoms with Crippen LogP contribution in [0.4, 0.5) is 5.00 Å². The second-order valence-corrected chi connectivity index (χ2v) is 8.07. The van der Waals surface area contributed by atoms with Crippen LogP contribution in [0.5, 0.6) is 5.75 Å². The van der Waals surface area contributed by atoms with Gasteiger partial charge in [0, 0.05) is 15.8 Å². The number of ether oxygens (including phenoxy) is 2. The minimum absolute atomic E-state index is 0.0268. The van der Waals surface area contributed by atoms with Crippen molar-refractivity contribution in [3.05, 3.63) is 45.5 Å². The molecule has 8 nitrogen and oxygen atoms in total. The normalized spacial score (nSPS) is 12.6. The number of fused-ring (bicyclic) bond motifs is 2. The summed E-state index contributed by atoms with van der Waals surface area (Å²) in [5.41, 5.74) is 7.87. The first kappa shape index (κ1) is 20.0. The summed E-state index contributed by atoms with van der Waals surface area (Å²) in [4.78, 5) is 37.6. The number of rotatable bonds is 6. The molecule has 4 rings (SSSR count). The van der Waals surface area contributed by atoms with Gasteiger partial charge < -0.3 is 24.9 Å². The molecule has 2 heterocycles. The first-order valence-corrected chi connectivity index (χ1v) is 10.2. The molecule has 2 aromatic heterocycles. The molecule has 9 heteroatoms. The minimum Gasteiger partial charge on any atom is -0.497 e. The predicted octanol–water partition coefficient (Wildman–Crippen LogP) is 3.19. The Morgan fingerprint density at radius 3 is 2.80 bits per heavy atom. The Bertz CT molecular complexity index is 1180. The van der Waals surface area contributed by atoms with E-state index in [1.54, 1.807) is 32.2 Å². The van der Waals surface area contributed by atoms with Crippen molar-refractivity contribution in [3.63, 3.8) is 0 Å². The Morgan fingerprint density at radius 1 is 1.27 bits per heavy atom. The van der Waals surface area contributed by atoms with Gasteiger partial charge in [0.1, 0.15) is 16.3 Å². The van der Waals surface area contributed by atoms with Crippen LogP contribution in [0, 0.1) is 6.92 Å². The maximum atomic E-state index is 12.4. The van der Waals surface area contributed by atoms with E-state index in [4.69, 9.17) is 19.6 Å². The number of thiophene rings is 1. The van der Waals surface area contributed by atoms with Crippen LogP contribution < -0.4 is 15.8 Å². The molecule has 0 atom stereocenters. The molecule has 0 bridgehead atoms. The second kappa shape index (κ2) is 7.83. The number of carbonyl (C=O) groups is 3. The number of carbonyl (C=O) groups excluding carboxylic acids is 3. The fourth-order valence-corrected chi connectivity index (χ4v) is 4.94. The Hall–Kier alpha value is -3.33. The molecule has 3 aromatic rings. The van der Waals surface area contributed by atoms with E-state index < -0.39 is 24.4 Å². The predicted molar refractivity (Wildman–Crippen MR) is 111 cm³/mol. The summed E-state index contributed by atoms with van der Waals surface area (Å²) in [5, 5.41) is 3.77. The number of esters is 1. The van der Waals surface area contributed by atoms with Crippen molar-refractivity contribution < 1.29 is 28.3 Å². The highest BCUT2D eigenvalue weighted by Gasteiger charge is 2.26. The third-order valence-electron chi connectivity index (χ3n) is 5.08. The molecule has 156 valence electrons. The van der Waals surface area contributed by atoms with Crippen molar-refractivity contribution in [2.24, 2.45) is 5.73 Å². The van der Waals surface area contributed by atoms with Gasteiger partial charge in [-0.2, -0.15) is 0 Å². The Balaban J connectivity index is 1.45. The van der Waals surface area contributed by atoms with E-state index >= 15 is 0 Å². The first-order chi connectivity index (χ1) is 14.4. The molecule has 1 aromatic carbocycles. The molecule has 1 aliphatic carbocycles. The van der Waals surface area contributed by atoms with E-state index in [0.29, 0.717) is 27.5 Å². The van der Waals surface area contributed by atoms with Crippen LogP contribution in [0.15, 0.2) is 22.6 Å². The van der Waals surface area contributed by atoms with Crippen LogP contribution in [-0.2, 0) is 22.4 Å². The van der Waals surface area contributed by atoms with Crippen molar-refractivity contribution in [1.29, 1.82) is 0 Å². The van der Waals surface area contributed by atoms with Gasteiger partial charge in [-0.25, -0.2) is 4.79 Å². The minimum atomic E-state index is -0.749. The first-order valence-electron chi connectivity index (χ1n) is 9.37. The molecule has 0 unspecified atom stereocenters. The van der Waals surface area contributed by atoms with E-state index in [-0.39, 0.29) is 5.76 Å². The molecular formula is C21H20N2O6S. The summed E-state index contributed by atoms with van der Waals surface area (Å²) < 4.78 is 15.9. The maximum absolute atomic E-state index is 12.4. The number of furan rings is 1. The lowest BCUT2D eigenvalue weighted by Gasteiger charge is -2.06. The molecule has 0 aliphatic heterocycles. The van der Waals surface area contributed by atoms with Crippen molar-refractivity contribution in [2.45, 2.75) is 26.2 Å². The lowest BCUT2D eigenvalue weighted by atomic mass is 10.1. The highest BCUT2D eigenvalue weighted by Crippen LogP contribution is 2.38. The standard InChI is InChI=1S/C21H20N2O6S/c1-10-13-8-11(27-2)6-7-14(13)29-18(10)21(26)28-9-16(24)23-20-17(19(22)25)12-4-3-5-15(12)30-20/h6-8H,3-5,9H2,1-2H3,(H2,22,25)(H,23,24). The highest BCUT2D eigenvalue weighted by molar-refractivity contribution is 7.17. The number of nitrogens with one attached hydrogen (secondary N) is 1. The maximum Gasteiger partial charge on any atom is 0.375 e. The van der Waals surface area contributed by atoms with Gasteiger partial charge in [0.2, 0.25) is 5.76 Å². The van der Waals surface area contributed by atoms with Gasteiger partial charge in [-0.05, 0) is 49.9 Å². The quantitative estimate of drug-likeness (QED) is 0.582. The number of benzene rings is 1. The third kappa shape index (κ3) is 3.52. The molecule has 2 amide bonds. The van der Waals surface area contributed by atoms with Crippen molar-refractivity contribution in [1.82, 2.24) is 0 Å². The van der Waals surface area contributed by atoms with Gasteiger partial charge in [0.05, 0.1) is 12.7 Å². The Labute approximate surface area is 175 Å². The number of hydrogen-bond acceptors (Lipinski definition) is 7. The van der Waals surface area contributed by atoms with E-state index in [2.05, 4.69) is 5.32 Å². The molecular weight excluding hydrogens is 408 g/mol. The average molecular weight is 428 g/mol. The summed E-state index contributed by atoms with van der Waals surface area (Å²) >= 11 is 1.34. The van der Waals surface area contributed by atoms with Gasteiger partial charge in [0.25, 0.3) is 11.8 Å². The zero-order valence-electron chi connectivity index (χ0n) is 16.5. The number of hydrogen-bond donors (Lipinski definition) is 2. The number of primary amides is 1. The molecule has 0 saturated carbocycles. The summed E-state index contributed by atoms with van der Waals surface area (Å²) in [7, 11) is 1.55. The van der Waals surface area contributed by atoms with Gasteiger partial charge in [0.15, 0.2) is 6.61 Å². The second-order valence-electron chi connectivity index (χ2n) is 6.97. The van der Waals surface area contributed by atoms with Crippen LogP contribution in [0.25, 0.3) is 11.0 Å². The monoisotopic (exact) mass is 428 g/mol. The summed E-state index contributed by atoms with van der Waals surface area (Å²) in [6, 6.07) is 5.19. The zero-order valence-corrected chi connectivity index (χ0v) is 17.3. The van der Waals surface area contributed by atoms with E-state index in [0.717, 1.165) is 35.1 Å². The largest absolute Gasteiger partial charge is 0.497 e. The molecule has 0 fully saturated rings. The van der Waals surface area contributed by atoms with E-state index in [1.165, 1.54) is 11.3 Å². The highest BCUT2D eigenvalue weighted by atomic mass is 32.1. The lowest BCUT2D eigenvalue weighted by molar-refractivity contribution is -0.119. The summed E-state index contributed by atoms with van der Waals surface area (Å²) in [6.07, 6.45) is 2.60. The summed E-state index contributed by atoms with van der Waals surface area (Å²) in [6.45, 7) is 1.22. The molecule has 1 aliphatic rings.